The van der Waals surface area contributed by atoms with Crippen molar-refractivity contribution >= 4 is 0 Å². The SMILES string of the molecule is [CH2-]C(OC)OC.[Zr]. The van der Waals surface area contributed by atoms with Gasteiger partial charge in [0.2, 0.25) is 0 Å². The molecular formula is C4H9O2Zr-. The van der Waals surface area contributed by atoms with Crippen molar-refractivity contribution in [3.63, 3.8) is 0 Å². The Labute approximate surface area is 63.3 Å². The van der Waals surface area contributed by atoms with E-state index in [0.29, 0.717) is 0 Å². The van der Waals surface area contributed by atoms with Gasteiger partial charge in [0.25, 0.3) is 0 Å². The molecule has 0 fully saturated rings. The van der Waals surface area contributed by atoms with Gasteiger partial charge in [-0.15, -0.1) is 0 Å². The van der Waals surface area contributed by atoms with Crippen molar-refractivity contribution in [1.82, 2.24) is 0 Å². The monoisotopic (exact) mass is 179 g/mol. The number of hydrogen-bond donors (Lipinski definition) is 0. The second-order valence-electron chi connectivity index (χ2n) is 0.901. The molecule has 7 heavy (non-hydrogen) atoms. The smallest absolute Gasteiger partial charge is 0.0352 e. The zero-order valence-electron chi connectivity index (χ0n) is 4.60. The summed E-state index contributed by atoms with van der Waals surface area (Å²) in [6.07, 6.45) is -0.315. The largest absolute Gasteiger partial charge is 0.387 e. The zero-order valence-corrected chi connectivity index (χ0v) is 7.06. The van der Waals surface area contributed by atoms with Crippen molar-refractivity contribution in [3.05, 3.63) is 6.92 Å². The molecule has 0 heterocycles. The topological polar surface area (TPSA) is 18.5 Å². The fourth-order valence-corrected chi connectivity index (χ4v) is 0.0962. The minimum absolute atomic E-state index is 0. The van der Waals surface area contributed by atoms with E-state index in [4.69, 9.17) is 0 Å². The molecule has 0 spiro atoms. The summed E-state index contributed by atoms with van der Waals surface area (Å²) >= 11 is 0. The van der Waals surface area contributed by atoms with Crippen LogP contribution in [0, 0.1) is 6.92 Å². The van der Waals surface area contributed by atoms with Crippen LogP contribution in [0.4, 0.5) is 0 Å². The van der Waals surface area contributed by atoms with E-state index in [9.17, 15) is 0 Å². The molecule has 0 atom stereocenters. The van der Waals surface area contributed by atoms with Crippen molar-refractivity contribution in [2.24, 2.45) is 0 Å². The minimum atomic E-state index is -0.315. The van der Waals surface area contributed by atoms with Gasteiger partial charge in [0, 0.05) is 46.7 Å². The summed E-state index contributed by atoms with van der Waals surface area (Å²) in [7, 11) is 3.09. The number of rotatable bonds is 2. The molecule has 3 heteroatoms. The van der Waals surface area contributed by atoms with Gasteiger partial charge >= 0.3 is 0 Å². The average molecular weight is 180 g/mol. The van der Waals surface area contributed by atoms with Gasteiger partial charge < -0.3 is 9.47 Å². The number of methoxy groups -OCH3 is 2. The van der Waals surface area contributed by atoms with E-state index in [1.54, 1.807) is 14.2 Å². The fraction of sp³-hybridized carbons (Fsp3) is 0.750. The van der Waals surface area contributed by atoms with Crippen LogP contribution < -0.4 is 0 Å². The Morgan fingerprint density at radius 1 is 1.29 bits per heavy atom. The summed E-state index contributed by atoms with van der Waals surface area (Å²) < 4.78 is 9.13. The molecule has 0 unspecified atom stereocenters. The molecule has 0 aromatic carbocycles. The van der Waals surface area contributed by atoms with Gasteiger partial charge in [-0.05, 0) is 0 Å². The van der Waals surface area contributed by atoms with Crippen LogP contribution in [0.15, 0.2) is 0 Å². The van der Waals surface area contributed by atoms with E-state index < -0.39 is 0 Å². The Kier molecular flexibility index (Phi) is 10.4. The average Bonchev–Trinajstić information content (AvgIpc) is 1.65. The molecule has 0 radical (unpaired) electrons. The van der Waals surface area contributed by atoms with E-state index in [-0.39, 0.29) is 32.5 Å². The molecular weight excluding hydrogens is 171 g/mol. The Hall–Kier alpha value is 0.803. The van der Waals surface area contributed by atoms with Gasteiger partial charge in [-0.1, -0.05) is 0 Å². The van der Waals surface area contributed by atoms with Crippen molar-refractivity contribution in [3.8, 4) is 0 Å². The molecule has 42 valence electrons. The summed E-state index contributed by atoms with van der Waals surface area (Å²) in [6.45, 7) is 3.43. The van der Waals surface area contributed by atoms with Crippen LogP contribution in [0.2, 0.25) is 0 Å². The summed E-state index contributed by atoms with van der Waals surface area (Å²) in [5.74, 6) is 0. The molecule has 0 bridgehead atoms. The normalized spacial score (nSPS) is 8.57. The first-order valence-corrected chi connectivity index (χ1v) is 1.70. The molecule has 0 aromatic heterocycles. The van der Waals surface area contributed by atoms with E-state index in [0.717, 1.165) is 0 Å². The van der Waals surface area contributed by atoms with Crippen LogP contribution >= 0.6 is 0 Å². The standard InChI is InChI=1S/C4H9O2.Zr/c1-4(5-2)6-3;/h4H,1H2,2-3H3;/q-1;. The van der Waals surface area contributed by atoms with Crippen molar-refractivity contribution in [1.29, 1.82) is 0 Å². The van der Waals surface area contributed by atoms with Crippen LogP contribution in [-0.2, 0) is 35.7 Å². The molecule has 0 N–H and O–H groups in total. The second-order valence-corrected chi connectivity index (χ2v) is 0.901. The Morgan fingerprint density at radius 2 is 1.57 bits per heavy atom. The molecule has 0 amide bonds. The predicted octanol–water partition coefficient (Wildman–Crippen LogP) is 0.437. The van der Waals surface area contributed by atoms with Crippen LogP contribution in [0.1, 0.15) is 0 Å². The minimum Gasteiger partial charge on any atom is -0.387 e. The third kappa shape index (κ3) is 6.80. The second kappa shape index (κ2) is 6.80. The maximum absolute atomic E-state index is 4.57. The van der Waals surface area contributed by atoms with Crippen LogP contribution in [0.25, 0.3) is 0 Å². The summed E-state index contributed by atoms with van der Waals surface area (Å²) in [6, 6.07) is 0. The summed E-state index contributed by atoms with van der Waals surface area (Å²) in [5.41, 5.74) is 0. The van der Waals surface area contributed by atoms with Crippen LogP contribution in [-0.4, -0.2) is 20.5 Å². The van der Waals surface area contributed by atoms with E-state index in [2.05, 4.69) is 16.4 Å². The fourth-order valence-electron chi connectivity index (χ4n) is 0.0962. The molecule has 0 saturated heterocycles. The van der Waals surface area contributed by atoms with Gasteiger partial charge in [-0.25, -0.2) is 0 Å². The van der Waals surface area contributed by atoms with Gasteiger partial charge in [0.05, 0.1) is 0 Å². The molecule has 0 rings (SSSR count). The molecule has 0 aliphatic rings. The molecule has 0 aromatic rings. The Balaban J connectivity index is 0. The quantitative estimate of drug-likeness (QED) is 0.453. The first-order chi connectivity index (χ1) is 2.81. The van der Waals surface area contributed by atoms with E-state index in [1.165, 1.54) is 0 Å². The first kappa shape index (κ1) is 10.7. The summed E-state index contributed by atoms with van der Waals surface area (Å²) in [5, 5.41) is 0. The van der Waals surface area contributed by atoms with Crippen molar-refractivity contribution < 1.29 is 35.7 Å². The third-order valence-electron chi connectivity index (χ3n) is 0.526. The molecule has 0 aliphatic carbocycles. The summed E-state index contributed by atoms with van der Waals surface area (Å²) in [4.78, 5) is 0. The molecule has 0 saturated carbocycles. The predicted molar refractivity (Wildman–Crippen MR) is 23.2 cm³/mol. The van der Waals surface area contributed by atoms with Gasteiger partial charge in [0.1, 0.15) is 0 Å². The third-order valence-corrected chi connectivity index (χ3v) is 0.526. The van der Waals surface area contributed by atoms with E-state index in [1.807, 2.05) is 0 Å². The zero-order chi connectivity index (χ0) is 4.99. The number of hydrogen-bond acceptors (Lipinski definition) is 2. The van der Waals surface area contributed by atoms with Crippen LogP contribution in [0.3, 0.4) is 0 Å². The van der Waals surface area contributed by atoms with Gasteiger partial charge in [-0.3, -0.25) is 6.92 Å². The van der Waals surface area contributed by atoms with Gasteiger partial charge in [-0.2, -0.15) is 0 Å². The Morgan fingerprint density at radius 3 is 1.57 bits per heavy atom. The molecule has 0 aliphatic heterocycles. The molecule has 2 nitrogen and oxygen atoms in total. The number of ether oxygens (including phenoxy) is 2. The maximum atomic E-state index is 4.57. The maximum Gasteiger partial charge on any atom is 0.0352 e. The van der Waals surface area contributed by atoms with Crippen molar-refractivity contribution in [2.75, 3.05) is 14.2 Å². The van der Waals surface area contributed by atoms with Crippen LogP contribution in [0.5, 0.6) is 0 Å². The van der Waals surface area contributed by atoms with Crippen molar-refractivity contribution in [2.45, 2.75) is 6.29 Å². The Bertz CT molecular complexity index is 28.9. The van der Waals surface area contributed by atoms with E-state index >= 15 is 0 Å². The van der Waals surface area contributed by atoms with Gasteiger partial charge in [0.15, 0.2) is 0 Å². The first-order valence-electron chi connectivity index (χ1n) is 1.70.